The van der Waals surface area contributed by atoms with Gasteiger partial charge in [0.2, 0.25) is 5.91 Å². The number of benzene rings is 1. The Labute approximate surface area is 139 Å². The Morgan fingerprint density at radius 2 is 2.21 bits per heavy atom. The standard InChI is InChI=1S/C18H19FN4O/c1-9-2-12(7-21-9)10-3-11-5-17(22-8-14(11)16(20)4-10)23-18(24)13-6-15(13)19/h3-5,8,12-13,15,21H,1-2,6-7,20H2,(H,22,23,24)/t12?,13-,15+/m1/s1. The van der Waals surface area contributed by atoms with Crippen molar-refractivity contribution in [2.75, 3.05) is 17.6 Å². The Bertz CT molecular complexity index is 850. The summed E-state index contributed by atoms with van der Waals surface area (Å²) in [6.07, 6.45) is 1.82. The number of nitrogens with two attached hydrogens (primary N) is 1. The third kappa shape index (κ3) is 2.68. The summed E-state index contributed by atoms with van der Waals surface area (Å²) in [6.45, 7) is 4.80. The van der Waals surface area contributed by atoms with Crippen molar-refractivity contribution in [2.45, 2.75) is 24.9 Å². The average molecular weight is 326 g/mol. The number of nitrogens with one attached hydrogen (secondary N) is 2. The van der Waals surface area contributed by atoms with Crippen LogP contribution < -0.4 is 16.4 Å². The van der Waals surface area contributed by atoms with E-state index in [2.05, 4.69) is 28.3 Å². The normalized spacial score (nSPS) is 25.5. The minimum absolute atomic E-state index is 0.301. The molecule has 4 rings (SSSR count). The molecule has 1 unspecified atom stereocenters. The van der Waals surface area contributed by atoms with Gasteiger partial charge in [-0.05, 0) is 35.9 Å². The predicted octanol–water partition coefficient (Wildman–Crippen LogP) is 2.70. The van der Waals surface area contributed by atoms with Gasteiger partial charge in [-0.1, -0.05) is 12.6 Å². The SMILES string of the molecule is C=C1CC(c2cc(N)c3cnc(NC(=O)[C@@H]4C[C@@H]4F)cc3c2)CN1. The summed E-state index contributed by atoms with van der Waals surface area (Å²) >= 11 is 0. The van der Waals surface area contributed by atoms with Crippen LogP contribution in [0, 0.1) is 5.92 Å². The number of carbonyl (C=O) groups is 1. The van der Waals surface area contributed by atoms with Crippen LogP contribution in [0.5, 0.6) is 0 Å². The largest absolute Gasteiger partial charge is 0.398 e. The van der Waals surface area contributed by atoms with Gasteiger partial charge in [0.25, 0.3) is 0 Å². The van der Waals surface area contributed by atoms with Crippen LogP contribution in [-0.2, 0) is 4.79 Å². The van der Waals surface area contributed by atoms with Crippen LogP contribution in [0.4, 0.5) is 15.9 Å². The van der Waals surface area contributed by atoms with Gasteiger partial charge >= 0.3 is 0 Å². The maximum Gasteiger partial charge on any atom is 0.231 e. The number of fused-ring (bicyclic) bond motifs is 1. The molecular weight excluding hydrogens is 307 g/mol. The van der Waals surface area contributed by atoms with Crippen LogP contribution in [0.25, 0.3) is 10.8 Å². The Kier molecular flexibility index (Phi) is 3.40. The van der Waals surface area contributed by atoms with Gasteiger partial charge in [0, 0.05) is 35.4 Å². The van der Waals surface area contributed by atoms with Crippen molar-refractivity contribution >= 4 is 28.2 Å². The van der Waals surface area contributed by atoms with E-state index >= 15 is 0 Å². The maximum atomic E-state index is 13.0. The van der Waals surface area contributed by atoms with Crippen LogP contribution in [0.1, 0.15) is 24.3 Å². The zero-order valence-corrected chi connectivity index (χ0v) is 13.2. The van der Waals surface area contributed by atoms with E-state index in [0.29, 0.717) is 23.8 Å². The van der Waals surface area contributed by atoms with Gasteiger partial charge in [-0.25, -0.2) is 9.37 Å². The van der Waals surface area contributed by atoms with Gasteiger partial charge in [0.15, 0.2) is 0 Å². The van der Waals surface area contributed by atoms with E-state index in [1.54, 1.807) is 12.3 Å². The summed E-state index contributed by atoms with van der Waals surface area (Å²) in [5.74, 6) is -0.0736. The van der Waals surface area contributed by atoms with E-state index in [1.165, 1.54) is 0 Å². The minimum atomic E-state index is -1.02. The summed E-state index contributed by atoms with van der Waals surface area (Å²) in [6, 6.07) is 5.84. The molecule has 3 atom stereocenters. The molecule has 2 aliphatic rings. The fourth-order valence-corrected chi connectivity index (χ4v) is 3.21. The Morgan fingerprint density at radius 3 is 2.88 bits per heavy atom. The fourth-order valence-electron chi connectivity index (χ4n) is 3.21. The highest BCUT2D eigenvalue weighted by Crippen LogP contribution is 2.35. The first-order valence-electron chi connectivity index (χ1n) is 8.07. The smallest absolute Gasteiger partial charge is 0.231 e. The van der Waals surface area contributed by atoms with Gasteiger partial charge < -0.3 is 16.4 Å². The van der Waals surface area contributed by atoms with Crippen LogP contribution in [-0.4, -0.2) is 23.6 Å². The minimum Gasteiger partial charge on any atom is -0.398 e. The van der Waals surface area contributed by atoms with Gasteiger partial charge in [-0.3, -0.25) is 4.79 Å². The van der Waals surface area contributed by atoms with E-state index in [0.717, 1.165) is 35.0 Å². The molecule has 0 bridgehead atoms. The summed E-state index contributed by atoms with van der Waals surface area (Å²) in [5, 5.41) is 7.70. The van der Waals surface area contributed by atoms with Crippen molar-refractivity contribution in [3.05, 3.63) is 42.2 Å². The highest BCUT2D eigenvalue weighted by Gasteiger charge is 2.43. The van der Waals surface area contributed by atoms with Crippen molar-refractivity contribution in [3.63, 3.8) is 0 Å². The molecule has 124 valence electrons. The summed E-state index contributed by atoms with van der Waals surface area (Å²) in [5.41, 5.74) is 9.00. The molecule has 5 nitrogen and oxygen atoms in total. The van der Waals surface area contributed by atoms with Crippen molar-refractivity contribution in [1.82, 2.24) is 10.3 Å². The molecule has 1 saturated carbocycles. The molecule has 1 aromatic heterocycles. The number of hydrogen-bond acceptors (Lipinski definition) is 4. The lowest BCUT2D eigenvalue weighted by Gasteiger charge is -2.12. The monoisotopic (exact) mass is 326 g/mol. The Balaban J connectivity index is 1.64. The Morgan fingerprint density at radius 1 is 1.42 bits per heavy atom. The number of aromatic nitrogens is 1. The second kappa shape index (κ2) is 5.47. The molecule has 6 heteroatoms. The number of amides is 1. The molecule has 1 aromatic carbocycles. The second-order valence-corrected chi connectivity index (χ2v) is 6.63. The summed E-state index contributed by atoms with van der Waals surface area (Å²) in [7, 11) is 0. The zero-order chi connectivity index (χ0) is 16.8. The van der Waals surface area contributed by atoms with Crippen molar-refractivity contribution < 1.29 is 9.18 Å². The molecule has 24 heavy (non-hydrogen) atoms. The molecule has 1 amide bonds. The van der Waals surface area contributed by atoms with E-state index in [-0.39, 0.29) is 5.91 Å². The molecule has 1 aliphatic heterocycles. The number of halogens is 1. The highest BCUT2D eigenvalue weighted by atomic mass is 19.1. The van der Waals surface area contributed by atoms with Gasteiger partial charge in [-0.15, -0.1) is 0 Å². The lowest BCUT2D eigenvalue weighted by Crippen LogP contribution is -2.15. The number of hydrogen-bond donors (Lipinski definition) is 3. The van der Waals surface area contributed by atoms with Crippen molar-refractivity contribution in [1.29, 1.82) is 0 Å². The van der Waals surface area contributed by atoms with Crippen molar-refractivity contribution in [2.24, 2.45) is 5.92 Å². The first-order chi connectivity index (χ1) is 11.5. The lowest BCUT2D eigenvalue weighted by atomic mass is 9.94. The van der Waals surface area contributed by atoms with E-state index < -0.39 is 12.1 Å². The van der Waals surface area contributed by atoms with E-state index in [4.69, 9.17) is 5.73 Å². The molecule has 0 spiro atoms. The first-order valence-corrected chi connectivity index (χ1v) is 8.07. The van der Waals surface area contributed by atoms with Crippen LogP contribution in [0.15, 0.2) is 36.7 Å². The number of pyridine rings is 1. The molecule has 2 aromatic rings. The Hall–Kier alpha value is -2.63. The number of carbonyl (C=O) groups excluding carboxylic acids is 1. The second-order valence-electron chi connectivity index (χ2n) is 6.63. The molecular formula is C18H19FN4O. The number of rotatable bonds is 3. The first kappa shape index (κ1) is 14.9. The lowest BCUT2D eigenvalue weighted by molar-refractivity contribution is -0.117. The number of nitrogens with zero attached hydrogens (tertiary/aromatic N) is 1. The van der Waals surface area contributed by atoms with E-state index in [1.807, 2.05) is 6.07 Å². The van der Waals surface area contributed by atoms with Gasteiger partial charge in [-0.2, -0.15) is 0 Å². The quantitative estimate of drug-likeness (QED) is 0.758. The molecule has 0 radical (unpaired) electrons. The summed E-state index contributed by atoms with van der Waals surface area (Å²) in [4.78, 5) is 16.1. The molecule has 2 heterocycles. The van der Waals surface area contributed by atoms with E-state index in [9.17, 15) is 9.18 Å². The zero-order valence-electron chi connectivity index (χ0n) is 13.2. The topological polar surface area (TPSA) is 80.0 Å². The highest BCUT2D eigenvalue weighted by molar-refractivity contribution is 5.98. The van der Waals surface area contributed by atoms with Gasteiger partial charge in [0.1, 0.15) is 12.0 Å². The molecule has 1 saturated heterocycles. The van der Waals surface area contributed by atoms with Crippen LogP contribution >= 0.6 is 0 Å². The maximum absolute atomic E-state index is 13.0. The van der Waals surface area contributed by atoms with Crippen LogP contribution in [0.2, 0.25) is 0 Å². The molecule has 1 aliphatic carbocycles. The number of anilines is 2. The third-order valence-electron chi connectivity index (χ3n) is 4.75. The van der Waals surface area contributed by atoms with Gasteiger partial charge in [0.05, 0.1) is 5.92 Å². The number of alkyl halides is 1. The number of nitrogen functional groups attached to an aromatic ring is 1. The average Bonchev–Trinajstić information content (AvgIpc) is 3.12. The van der Waals surface area contributed by atoms with Crippen molar-refractivity contribution in [3.8, 4) is 0 Å². The number of allylic oxidation sites excluding steroid dienone is 1. The molecule has 4 N–H and O–H groups in total. The third-order valence-corrected chi connectivity index (χ3v) is 4.75. The predicted molar refractivity (Wildman–Crippen MR) is 92.3 cm³/mol. The van der Waals surface area contributed by atoms with Crippen LogP contribution in [0.3, 0.4) is 0 Å². The fraction of sp³-hybridized carbons (Fsp3) is 0.333. The molecule has 2 fully saturated rings. The summed E-state index contributed by atoms with van der Waals surface area (Å²) < 4.78 is 13.0.